The van der Waals surface area contributed by atoms with Gasteiger partial charge in [-0.1, -0.05) is 18.7 Å². The van der Waals surface area contributed by atoms with Gasteiger partial charge in [-0.15, -0.1) is 11.3 Å². The van der Waals surface area contributed by atoms with Crippen LogP contribution >= 0.6 is 11.3 Å². The van der Waals surface area contributed by atoms with Crippen LogP contribution in [-0.4, -0.2) is 80.7 Å². The molecule has 4 rings (SSSR count). The second-order valence-electron chi connectivity index (χ2n) is 7.78. The average Bonchev–Trinajstić information content (AvgIpc) is 3.30. The molecule has 0 aliphatic carbocycles. The van der Waals surface area contributed by atoms with E-state index in [9.17, 15) is 9.59 Å². The fourth-order valence-electron chi connectivity index (χ4n) is 3.88. The lowest BCUT2D eigenvalue weighted by Gasteiger charge is -2.36. The second kappa shape index (κ2) is 10.1. The summed E-state index contributed by atoms with van der Waals surface area (Å²) in [7, 11) is 0. The van der Waals surface area contributed by atoms with Crippen LogP contribution in [0.2, 0.25) is 0 Å². The molecule has 0 unspecified atom stereocenters. The first kappa shape index (κ1) is 22.3. The molecular formula is C22H28N6O3S. The van der Waals surface area contributed by atoms with Gasteiger partial charge < -0.3 is 25.6 Å². The number of ether oxygens (including phenoxy) is 1. The molecule has 2 amide bonds. The molecule has 1 aromatic heterocycles. The number of nitrogens with one attached hydrogen (secondary N) is 1. The third-order valence-electron chi connectivity index (χ3n) is 5.60. The minimum atomic E-state index is -0.318. The number of hydrogen-bond acceptors (Lipinski definition) is 8. The van der Waals surface area contributed by atoms with E-state index in [1.807, 2.05) is 23.1 Å². The van der Waals surface area contributed by atoms with Crippen LogP contribution in [0.15, 0.2) is 30.2 Å². The van der Waals surface area contributed by atoms with Crippen molar-refractivity contribution < 1.29 is 14.3 Å². The van der Waals surface area contributed by atoms with Crippen molar-refractivity contribution in [3.8, 4) is 0 Å². The molecule has 9 nitrogen and oxygen atoms in total. The van der Waals surface area contributed by atoms with Crippen molar-refractivity contribution in [3.05, 3.63) is 41.4 Å². The minimum Gasteiger partial charge on any atom is -0.378 e. The van der Waals surface area contributed by atoms with E-state index in [0.717, 1.165) is 61.3 Å². The van der Waals surface area contributed by atoms with Crippen molar-refractivity contribution in [2.24, 2.45) is 5.73 Å². The van der Waals surface area contributed by atoms with Gasteiger partial charge >= 0.3 is 0 Å². The number of carbonyl (C=O) groups excluding carboxylic acids is 2. The molecule has 32 heavy (non-hydrogen) atoms. The largest absolute Gasteiger partial charge is 0.378 e. The van der Waals surface area contributed by atoms with Gasteiger partial charge in [-0.2, -0.15) is 0 Å². The maximum atomic E-state index is 13.0. The van der Waals surface area contributed by atoms with E-state index in [1.54, 1.807) is 11.5 Å². The van der Waals surface area contributed by atoms with Crippen molar-refractivity contribution in [3.63, 3.8) is 0 Å². The van der Waals surface area contributed by atoms with Crippen LogP contribution in [0, 0.1) is 0 Å². The standard InChI is InChI=1S/C22H28N6O3S/c1-2-16-3-4-19(27-7-5-26(6-8-27)14-20(23)29)17(13-16)24-21(30)18-15-32-22(25-18)28-9-11-31-12-10-28/h2-4,13,15H,1,5-12,14H2,(H2,23,29)(H,24,30). The summed E-state index contributed by atoms with van der Waals surface area (Å²) < 4.78 is 5.39. The number of benzene rings is 1. The fraction of sp³-hybridized carbons (Fsp3) is 0.409. The number of amides is 2. The van der Waals surface area contributed by atoms with Gasteiger partial charge in [-0.25, -0.2) is 4.98 Å². The molecule has 10 heteroatoms. The molecule has 2 saturated heterocycles. The number of primary amides is 1. The third-order valence-corrected chi connectivity index (χ3v) is 6.50. The summed E-state index contributed by atoms with van der Waals surface area (Å²) >= 11 is 1.47. The van der Waals surface area contributed by atoms with E-state index >= 15 is 0 Å². The van der Waals surface area contributed by atoms with E-state index in [1.165, 1.54) is 11.3 Å². The molecule has 0 saturated carbocycles. The van der Waals surface area contributed by atoms with Crippen molar-refractivity contribution in [1.82, 2.24) is 9.88 Å². The first-order chi connectivity index (χ1) is 15.5. The number of nitrogens with two attached hydrogens (primary N) is 1. The monoisotopic (exact) mass is 456 g/mol. The molecule has 2 fully saturated rings. The number of nitrogens with zero attached hydrogens (tertiary/aromatic N) is 4. The Hall–Kier alpha value is -2.95. The quantitative estimate of drug-likeness (QED) is 0.650. The Kier molecular flexibility index (Phi) is 7.03. The second-order valence-corrected chi connectivity index (χ2v) is 8.62. The van der Waals surface area contributed by atoms with Gasteiger partial charge in [-0.3, -0.25) is 14.5 Å². The van der Waals surface area contributed by atoms with E-state index in [2.05, 4.69) is 26.7 Å². The maximum Gasteiger partial charge on any atom is 0.275 e. The molecular weight excluding hydrogens is 428 g/mol. The van der Waals surface area contributed by atoms with E-state index < -0.39 is 0 Å². The molecule has 170 valence electrons. The summed E-state index contributed by atoms with van der Waals surface area (Å²) in [5.41, 5.74) is 8.30. The third kappa shape index (κ3) is 5.26. The highest BCUT2D eigenvalue weighted by molar-refractivity contribution is 7.14. The summed E-state index contributed by atoms with van der Waals surface area (Å²) in [6, 6.07) is 5.90. The molecule has 0 bridgehead atoms. The fourth-order valence-corrected chi connectivity index (χ4v) is 4.74. The maximum absolute atomic E-state index is 13.0. The smallest absolute Gasteiger partial charge is 0.275 e. The number of rotatable bonds is 7. The van der Waals surface area contributed by atoms with Crippen LogP contribution < -0.4 is 20.9 Å². The summed E-state index contributed by atoms with van der Waals surface area (Å²) in [5.74, 6) is -0.558. The number of thiazole rings is 1. The molecule has 1 aromatic carbocycles. The van der Waals surface area contributed by atoms with Crippen molar-refractivity contribution in [1.29, 1.82) is 0 Å². The van der Waals surface area contributed by atoms with E-state index in [-0.39, 0.29) is 18.4 Å². The zero-order chi connectivity index (χ0) is 22.5. The summed E-state index contributed by atoms with van der Waals surface area (Å²) in [5, 5.41) is 5.67. The molecule has 0 atom stereocenters. The minimum absolute atomic E-state index is 0.240. The number of anilines is 3. The molecule has 2 aliphatic rings. The highest BCUT2D eigenvalue weighted by Crippen LogP contribution is 2.30. The van der Waals surface area contributed by atoms with Crippen LogP contribution in [0.3, 0.4) is 0 Å². The lowest BCUT2D eigenvalue weighted by atomic mass is 10.1. The van der Waals surface area contributed by atoms with Gasteiger partial charge in [-0.05, 0) is 17.7 Å². The summed E-state index contributed by atoms with van der Waals surface area (Å²) in [6.07, 6.45) is 1.75. The Morgan fingerprint density at radius 1 is 1.16 bits per heavy atom. The Morgan fingerprint density at radius 3 is 2.59 bits per heavy atom. The lowest BCUT2D eigenvalue weighted by Crippen LogP contribution is -2.49. The van der Waals surface area contributed by atoms with Crippen LogP contribution in [0.5, 0.6) is 0 Å². The van der Waals surface area contributed by atoms with Crippen LogP contribution in [0.4, 0.5) is 16.5 Å². The van der Waals surface area contributed by atoms with Crippen molar-refractivity contribution in [2.75, 3.05) is 74.1 Å². The van der Waals surface area contributed by atoms with Gasteiger partial charge in [0.05, 0.1) is 31.1 Å². The predicted octanol–water partition coefficient (Wildman–Crippen LogP) is 1.48. The highest BCUT2D eigenvalue weighted by Gasteiger charge is 2.22. The van der Waals surface area contributed by atoms with Crippen molar-refractivity contribution in [2.45, 2.75) is 0 Å². The van der Waals surface area contributed by atoms with Gasteiger partial charge in [0.1, 0.15) is 5.69 Å². The zero-order valence-corrected chi connectivity index (χ0v) is 18.8. The van der Waals surface area contributed by atoms with E-state index in [0.29, 0.717) is 18.9 Å². The van der Waals surface area contributed by atoms with Gasteiger partial charge in [0.25, 0.3) is 5.91 Å². The average molecular weight is 457 g/mol. The first-order valence-electron chi connectivity index (χ1n) is 10.6. The number of hydrogen-bond donors (Lipinski definition) is 2. The number of carbonyl (C=O) groups is 2. The molecule has 2 aliphatic heterocycles. The SMILES string of the molecule is C=Cc1ccc(N2CCN(CC(N)=O)CC2)c(NC(=O)c2csc(N3CCOCC3)n2)c1. The zero-order valence-electron chi connectivity index (χ0n) is 18.0. The van der Waals surface area contributed by atoms with Crippen LogP contribution in [-0.2, 0) is 9.53 Å². The Bertz CT molecular complexity index is 980. The van der Waals surface area contributed by atoms with Gasteiger partial charge in [0, 0.05) is 44.6 Å². The number of morpholine rings is 1. The van der Waals surface area contributed by atoms with Crippen LogP contribution in [0.1, 0.15) is 16.1 Å². The van der Waals surface area contributed by atoms with E-state index in [4.69, 9.17) is 10.5 Å². The Labute approximate surface area is 191 Å². The van der Waals surface area contributed by atoms with Crippen molar-refractivity contribution >= 4 is 45.7 Å². The Balaban J connectivity index is 1.48. The van der Waals surface area contributed by atoms with Gasteiger partial charge in [0.15, 0.2) is 5.13 Å². The van der Waals surface area contributed by atoms with Gasteiger partial charge in [0.2, 0.25) is 5.91 Å². The molecule has 0 radical (unpaired) electrons. The van der Waals surface area contributed by atoms with Crippen LogP contribution in [0.25, 0.3) is 6.08 Å². The summed E-state index contributed by atoms with van der Waals surface area (Å²) in [4.78, 5) is 35.1. The Morgan fingerprint density at radius 2 is 1.91 bits per heavy atom. The first-order valence-corrected chi connectivity index (χ1v) is 11.5. The molecule has 0 spiro atoms. The molecule has 2 aromatic rings. The predicted molar refractivity (Wildman–Crippen MR) is 127 cm³/mol. The number of aromatic nitrogens is 1. The number of piperazine rings is 1. The molecule has 3 heterocycles. The molecule has 3 N–H and O–H groups in total. The highest BCUT2D eigenvalue weighted by atomic mass is 32.1. The lowest BCUT2D eigenvalue weighted by molar-refractivity contribution is -0.119. The topological polar surface area (TPSA) is 104 Å². The normalized spacial score (nSPS) is 17.2. The summed E-state index contributed by atoms with van der Waals surface area (Å²) in [6.45, 7) is 9.95.